The minimum Gasteiger partial charge on any atom is -0.469 e. The maximum atomic E-state index is 12.2. The molecule has 0 spiro atoms. The van der Waals surface area contributed by atoms with Crippen LogP contribution < -0.4 is 5.32 Å². The van der Waals surface area contributed by atoms with Gasteiger partial charge in [-0.3, -0.25) is 4.79 Å². The first-order valence-corrected chi connectivity index (χ1v) is 7.87. The summed E-state index contributed by atoms with van der Waals surface area (Å²) in [5.74, 6) is -1.17. The van der Waals surface area contributed by atoms with Crippen molar-refractivity contribution in [2.45, 2.75) is 58.8 Å². The van der Waals surface area contributed by atoms with Gasteiger partial charge in [-0.05, 0) is 41.5 Å². The maximum absolute atomic E-state index is 12.2. The fraction of sp³-hybridized carbons (Fsp3) is 0.812. The lowest BCUT2D eigenvalue weighted by atomic mass is 10.0. The Labute approximate surface area is 142 Å². The van der Waals surface area contributed by atoms with Crippen molar-refractivity contribution < 1.29 is 28.6 Å². The van der Waals surface area contributed by atoms with Crippen LogP contribution in [-0.2, 0) is 19.0 Å². The number of nitrogens with zero attached hydrogens (tertiary/aromatic N) is 1. The minimum absolute atomic E-state index is 0.113. The van der Waals surface area contributed by atoms with Gasteiger partial charge in [-0.15, -0.1) is 0 Å². The summed E-state index contributed by atoms with van der Waals surface area (Å²) in [5, 5.41) is 2.64. The molecule has 1 heterocycles. The number of esters is 1. The second-order valence-electron chi connectivity index (χ2n) is 7.77. The molecule has 8 heteroatoms. The van der Waals surface area contributed by atoms with Gasteiger partial charge in [-0.1, -0.05) is 0 Å². The molecule has 1 aliphatic heterocycles. The molecule has 0 radical (unpaired) electrons. The highest BCUT2D eigenvalue weighted by Gasteiger charge is 2.43. The van der Waals surface area contributed by atoms with Crippen molar-refractivity contribution in [3.05, 3.63) is 0 Å². The highest BCUT2D eigenvalue weighted by Crippen LogP contribution is 2.22. The molecule has 0 aliphatic carbocycles. The summed E-state index contributed by atoms with van der Waals surface area (Å²) in [6.07, 6.45) is -1.18. The van der Waals surface area contributed by atoms with Crippen molar-refractivity contribution in [2.24, 2.45) is 5.92 Å². The van der Waals surface area contributed by atoms with E-state index in [1.54, 1.807) is 41.5 Å². The van der Waals surface area contributed by atoms with Crippen LogP contribution in [0.1, 0.15) is 41.5 Å². The van der Waals surface area contributed by atoms with E-state index in [0.29, 0.717) is 0 Å². The van der Waals surface area contributed by atoms with E-state index >= 15 is 0 Å². The van der Waals surface area contributed by atoms with E-state index in [2.05, 4.69) is 5.32 Å². The zero-order valence-corrected chi connectivity index (χ0v) is 15.5. The van der Waals surface area contributed by atoms with Crippen LogP contribution in [0.25, 0.3) is 0 Å². The Morgan fingerprint density at radius 2 is 1.50 bits per heavy atom. The molecule has 24 heavy (non-hydrogen) atoms. The van der Waals surface area contributed by atoms with Gasteiger partial charge in [0.15, 0.2) is 0 Å². The number of likely N-dealkylation sites (tertiary alicyclic amines) is 1. The fourth-order valence-electron chi connectivity index (χ4n) is 2.27. The number of nitrogens with one attached hydrogen (secondary N) is 1. The summed E-state index contributed by atoms with van der Waals surface area (Å²) in [5.41, 5.74) is -1.30. The van der Waals surface area contributed by atoms with Crippen molar-refractivity contribution in [1.29, 1.82) is 0 Å². The first-order valence-electron chi connectivity index (χ1n) is 7.87. The monoisotopic (exact) mass is 344 g/mol. The predicted octanol–water partition coefficient (Wildman–Crippen LogP) is 1.92. The van der Waals surface area contributed by atoms with Gasteiger partial charge in [0, 0.05) is 13.1 Å². The van der Waals surface area contributed by atoms with Gasteiger partial charge in [0.2, 0.25) is 0 Å². The van der Waals surface area contributed by atoms with E-state index in [1.807, 2.05) is 0 Å². The third-order valence-corrected chi connectivity index (χ3v) is 3.18. The summed E-state index contributed by atoms with van der Waals surface area (Å²) in [6, 6.07) is -0.597. The normalized spacial score (nSPS) is 21.2. The average molecular weight is 344 g/mol. The van der Waals surface area contributed by atoms with Crippen LogP contribution in [0, 0.1) is 5.92 Å². The lowest BCUT2D eigenvalue weighted by Crippen LogP contribution is -2.45. The number of carbonyl (C=O) groups is 3. The molecule has 0 aromatic carbocycles. The second kappa shape index (κ2) is 7.27. The van der Waals surface area contributed by atoms with E-state index in [4.69, 9.17) is 14.2 Å². The number of rotatable bonds is 2. The molecule has 0 saturated carbocycles. The topological polar surface area (TPSA) is 94.2 Å². The molecule has 0 aromatic heterocycles. The number of methoxy groups -OCH3 is 1. The van der Waals surface area contributed by atoms with Crippen molar-refractivity contribution in [3.8, 4) is 0 Å². The van der Waals surface area contributed by atoms with Crippen LogP contribution in [0.2, 0.25) is 0 Å². The van der Waals surface area contributed by atoms with Crippen LogP contribution >= 0.6 is 0 Å². The molecule has 1 N–H and O–H groups in total. The molecule has 0 unspecified atom stereocenters. The predicted molar refractivity (Wildman–Crippen MR) is 86.5 cm³/mol. The number of carbonyl (C=O) groups excluding carboxylic acids is 3. The Morgan fingerprint density at radius 1 is 0.958 bits per heavy atom. The lowest BCUT2D eigenvalue weighted by Gasteiger charge is -2.24. The van der Waals surface area contributed by atoms with Gasteiger partial charge < -0.3 is 24.4 Å². The van der Waals surface area contributed by atoms with Crippen LogP contribution in [0.3, 0.4) is 0 Å². The Kier molecular flexibility index (Phi) is 6.08. The van der Waals surface area contributed by atoms with E-state index in [-0.39, 0.29) is 13.1 Å². The quantitative estimate of drug-likeness (QED) is 0.607. The third kappa shape index (κ3) is 6.25. The van der Waals surface area contributed by atoms with Gasteiger partial charge in [0.25, 0.3) is 0 Å². The number of hydrogen-bond donors (Lipinski definition) is 1. The average Bonchev–Trinajstić information content (AvgIpc) is 2.77. The Bertz CT molecular complexity index is 492. The molecule has 8 nitrogen and oxygen atoms in total. The lowest BCUT2D eigenvalue weighted by molar-refractivity contribution is -0.145. The number of amides is 2. The van der Waals surface area contributed by atoms with Crippen LogP contribution in [0.4, 0.5) is 9.59 Å². The summed E-state index contributed by atoms with van der Waals surface area (Å²) in [7, 11) is 1.27. The molecular weight excluding hydrogens is 316 g/mol. The molecule has 1 rings (SSSR count). The number of hydrogen-bond acceptors (Lipinski definition) is 6. The van der Waals surface area contributed by atoms with Gasteiger partial charge in [-0.25, -0.2) is 9.59 Å². The molecule has 1 saturated heterocycles. The molecule has 138 valence electrons. The van der Waals surface area contributed by atoms with Gasteiger partial charge >= 0.3 is 18.2 Å². The summed E-state index contributed by atoms with van der Waals surface area (Å²) in [6.45, 7) is 10.8. The SMILES string of the molecule is COC(=O)[C@@H]1CN(C(=O)OC(C)(C)C)C[C@@H]1NC(=O)OC(C)(C)C. The van der Waals surface area contributed by atoms with Crippen LogP contribution in [-0.4, -0.2) is 60.5 Å². The summed E-state index contributed by atoms with van der Waals surface area (Å²) >= 11 is 0. The van der Waals surface area contributed by atoms with E-state index in [0.717, 1.165) is 0 Å². The molecule has 1 aliphatic rings. The zero-order valence-electron chi connectivity index (χ0n) is 15.5. The van der Waals surface area contributed by atoms with Crippen LogP contribution in [0.15, 0.2) is 0 Å². The fourth-order valence-corrected chi connectivity index (χ4v) is 2.27. The summed E-state index contributed by atoms with van der Waals surface area (Å²) < 4.78 is 15.3. The largest absolute Gasteiger partial charge is 0.469 e. The maximum Gasteiger partial charge on any atom is 0.410 e. The third-order valence-electron chi connectivity index (χ3n) is 3.18. The van der Waals surface area contributed by atoms with Gasteiger partial charge in [0.1, 0.15) is 11.2 Å². The van der Waals surface area contributed by atoms with Gasteiger partial charge in [0.05, 0.1) is 19.1 Å². The second-order valence-corrected chi connectivity index (χ2v) is 7.77. The number of ether oxygens (including phenoxy) is 3. The Hall–Kier alpha value is -1.99. The van der Waals surface area contributed by atoms with Crippen molar-refractivity contribution in [2.75, 3.05) is 20.2 Å². The molecule has 2 atom stereocenters. The molecular formula is C16H28N2O6. The van der Waals surface area contributed by atoms with E-state index in [9.17, 15) is 14.4 Å². The molecule has 2 amide bonds. The van der Waals surface area contributed by atoms with Crippen molar-refractivity contribution in [3.63, 3.8) is 0 Å². The van der Waals surface area contributed by atoms with Crippen LogP contribution in [0.5, 0.6) is 0 Å². The van der Waals surface area contributed by atoms with Gasteiger partial charge in [-0.2, -0.15) is 0 Å². The first kappa shape index (κ1) is 20.1. The zero-order chi connectivity index (χ0) is 18.7. The van der Waals surface area contributed by atoms with Crippen molar-refractivity contribution >= 4 is 18.2 Å². The Morgan fingerprint density at radius 3 is 1.96 bits per heavy atom. The van der Waals surface area contributed by atoms with E-state index in [1.165, 1.54) is 12.0 Å². The Balaban J connectivity index is 2.79. The standard InChI is InChI=1S/C16H28N2O6/c1-15(2,3)23-13(20)17-11-9-18(8-10(11)12(19)22-7)14(21)24-16(4,5)6/h10-11H,8-9H2,1-7H3,(H,17,20)/t10-,11+/m1/s1. The summed E-state index contributed by atoms with van der Waals surface area (Å²) in [4.78, 5) is 37.5. The van der Waals surface area contributed by atoms with E-state index < -0.39 is 41.3 Å². The molecule has 0 bridgehead atoms. The number of alkyl carbamates (subject to hydrolysis) is 1. The highest BCUT2D eigenvalue weighted by atomic mass is 16.6. The molecule has 1 fully saturated rings. The molecule has 0 aromatic rings. The smallest absolute Gasteiger partial charge is 0.410 e. The van der Waals surface area contributed by atoms with Crippen molar-refractivity contribution in [1.82, 2.24) is 10.2 Å². The first-order chi connectivity index (χ1) is 10.8. The highest BCUT2D eigenvalue weighted by molar-refractivity contribution is 5.78. The minimum atomic E-state index is -0.671.